The molecule has 2 nitrogen and oxygen atoms in total. The van der Waals surface area contributed by atoms with E-state index in [4.69, 9.17) is 10.0 Å². The van der Waals surface area contributed by atoms with E-state index in [1.165, 1.54) is 11.8 Å². The summed E-state index contributed by atoms with van der Waals surface area (Å²) in [6.45, 7) is 1.64. The lowest BCUT2D eigenvalue weighted by atomic mass is 9.77. The van der Waals surface area contributed by atoms with Crippen molar-refractivity contribution in [3.8, 4) is 0 Å². The average Bonchev–Trinajstić information content (AvgIpc) is 2.04. The van der Waals surface area contributed by atoms with Crippen molar-refractivity contribution in [3.63, 3.8) is 0 Å². The fourth-order valence-electron chi connectivity index (χ4n) is 1.14. The highest BCUT2D eigenvalue weighted by Gasteiger charge is 2.21. The number of benzene rings is 1. The minimum absolute atomic E-state index is 0.0353. The fraction of sp³-hybridized carbons (Fsp3) is 0.250. The molecule has 0 aromatic heterocycles. The topological polar surface area (TPSA) is 40.5 Å². The zero-order chi connectivity index (χ0) is 10.0. The van der Waals surface area contributed by atoms with Crippen molar-refractivity contribution in [2.75, 3.05) is 6.26 Å². The molecule has 2 N–H and O–H groups in total. The molecule has 0 saturated carbocycles. The summed E-state index contributed by atoms with van der Waals surface area (Å²) in [5, 5.41) is 17.8. The Morgan fingerprint density at radius 2 is 2.00 bits per heavy atom. The van der Waals surface area contributed by atoms with Gasteiger partial charge in [-0.1, -0.05) is 6.07 Å². The summed E-state index contributed by atoms with van der Waals surface area (Å²) in [6.07, 6.45) is 1.74. The number of hydrogen-bond donors (Lipinski definition) is 2. The number of halogens is 1. The van der Waals surface area contributed by atoms with Gasteiger partial charge in [0.15, 0.2) is 0 Å². The van der Waals surface area contributed by atoms with Crippen LogP contribution in [-0.2, 0) is 0 Å². The minimum atomic E-state index is -1.74. The smallest absolute Gasteiger partial charge is 0.423 e. The third-order valence-corrected chi connectivity index (χ3v) is 2.60. The zero-order valence-corrected chi connectivity index (χ0v) is 8.23. The number of thioether (sulfide) groups is 1. The van der Waals surface area contributed by atoms with E-state index in [2.05, 4.69) is 0 Å². The minimum Gasteiger partial charge on any atom is -0.423 e. The molecule has 0 aliphatic carbocycles. The Balaban J connectivity index is 3.30. The molecule has 0 aliphatic rings. The van der Waals surface area contributed by atoms with Crippen LogP contribution in [0.3, 0.4) is 0 Å². The highest BCUT2D eigenvalue weighted by Crippen LogP contribution is 2.18. The molecular weight excluding hydrogens is 190 g/mol. The van der Waals surface area contributed by atoms with Crippen LogP contribution in [0.1, 0.15) is 5.56 Å². The maximum Gasteiger partial charge on any atom is 0.491 e. The van der Waals surface area contributed by atoms with Gasteiger partial charge in [-0.15, -0.1) is 11.8 Å². The first-order valence-electron chi connectivity index (χ1n) is 3.77. The van der Waals surface area contributed by atoms with Crippen molar-refractivity contribution >= 4 is 24.3 Å². The van der Waals surface area contributed by atoms with Crippen molar-refractivity contribution in [1.82, 2.24) is 0 Å². The van der Waals surface area contributed by atoms with E-state index >= 15 is 0 Å². The van der Waals surface area contributed by atoms with E-state index < -0.39 is 12.9 Å². The quantitative estimate of drug-likeness (QED) is 0.540. The van der Waals surface area contributed by atoms with Gasteiger partial charge < -0.3 is 10.0 Å². The van der Waals surface area contributed by atoms with Crippen molar-refractivity contribution in [3.05, 3.63) is 23.5 Å². The normalized spacial score (nSPS) is 10.2. The van der Waals surface area contributed by atoms with Gasteiger partial charge in [0.2, 0.25) is 0 Å². The van der Waals surface area contributed by atoms with Gasteiger partial charge in [-0.25, -0.2) is 4.39 Å². The van der Waals surface area contributed by atoms with Crippen LogP contribution >= 0.6 is 11.8 Å². The average molecular weight is 200 g/mol. The molecule has 1 aromatic rings. The predicted molar refractivity (Wildman–Crippen MR) is 52.7 cm³/mol. The molecule has 0 atom stereocenters. The molecule has 0 saturated heterocycles. The number of hydrogen-bond acceptors (Lipinski definition) is 3. The lowest BCUT2D eigenvalue weighted by Gasteiger charge is -2.08. The standard InChI is InChI=1S/C8H10BFO2S/c1-5-3-4-6(13-2)8(10)7(5)9(11)12/h3-4,11-12H,1-2H3. The monoisotopic (exact) mass is 200 g/mol. The molecule has 13 heavy (non-hydrogen) atoms. The van der Waals surface area contributed by atoms with Crippen LogP contribution in [0, 0.1) is 12.7 Å². The SMILES string of the molecule is CSc1ccc(C)c(B(O)O)c1F. The second kappa shape index (κ2) is 4.13. The van der Waals surface area contributed by atoms with Gasteiger partial charge in [-0.2, -0.15) is 0 Å². The molecule has 70 valence electrons. The molecule has 0 spiro atoms. The Bertz CT molecular complexity index is 317. The first kappa shape index (κ1) is 10.6. The highest BCUT2D eigenvalue weighted by atomic mass is 32.2. The molecular formula is C8H10BFO2S. The Labute approximate surface area is 80.9 Å². The number of aryl methyl sites for hydroxylation is 1. The van der Waals surface area contributed by atoms with Crippen LogP contribution in [0.25, 0.3) is 0 Å². The summed E-state index contributed by atoms with van der Waals surface area (Å²) < 4.78 is 13.4. The Morgan fingerprint density at radius 1 is 1.38 bits per heavy atom. The lowest BCUT2D eigenvalue weighted by molar-refractivity contribution is 0.422. The molecule has 0 fully saturated rings. The Hall–Kier alpha value is -0.515. The van der Waals surface area contributed by atoms with Crippen molar-refractivity contribution in [2.45, 2.75) is 11.8 Å². The Kier molecular flexibility index (Phi) is 3.36. The van der Waals surface area contributed by atoms with Gasteiger partial charge in [-0.3, -0.25) is 0 Å². The molecule has 0 aliphatic heterocycles. The van der Waals surface area contributed by atoms with Gasteiger partial charge in [0.25, 0.3) is 0 Å². The first-order valence-corrected chi connectivity index (χ1v) is 4.99. The Morgan fingerprint density at radius 3 is 2.46 bits per heavy atom. The molecule has 5 heteroatoms. The molecule has 0 radical (unpaired) electrons. The largest absolute Gasteiger partial charge is 0.491 e. The summed E-state index contributed by atoms with van der Waals surface area (Å²) in [4.78, 5) is 0.425. The second-order valence-electron chi connectivity index (χ2n) is 2.69. The maximum absolute atomic E-state index is 13.4. The van der Waals surface area contributed by atoms with Gasteiger partial charge in [0, 0.05) is 10.4 Å². The van der Waals surface area contributed by atoms with Gasteiger partial charge in [-0.05, 0) is 24.8 Å². The fourth-order valence-corrected chi connectivity index (χ4v) is 1.64. The van der Waals surface area contributed by atoms with Crippen LogP contribution in [0.15, 0.2) is 17.0 Å². The van der Waals surface area contributed by atoms with E-state index in [1.54, 1.807) is 25.3 Å². The van der Waals surface area contributed by atoms with E-state index in [-0.39, 0.29) is 5.46 Å². The van der Waals surface area contributed by atoms with E-state index in [0.717, 1.165) is 0 Å². The highest BCUT2D eigenvalue weighted by molar-refractivity contribution is 7.98. The maximum atomic E-state index is 13.4. The third-order valence-electron chi connectivity index (χ3n) is 1.84. The molecule has 0 unspecified atom stereocenters. The first-order chi connectivity index (χ1) is 6.07. The molecule has 0 bridgehead atoms. The van der Waals surface area contributed by atoms with Crippen molar-refractivity contribution < 1.29 is 14.4 Å². The molecule has 0 amide bonds. The van der Waals surface area contributed by atoms with E-state index in [0.29, 0.717) is 10.5 Å². The second-order valence-corrected chi connectivity index (χ2v) is 3.53. The van der Waals surface area contributed by atoms with Crippen LogP contribution in [0.2, 0.25) is 0 Å². The summed E-state index contributed by atoms with van der Waals surface area (Å²) in [7, 11) is -1.74. The van der Waals surface area contributed by atoms with Crippen LogP contribution in [-0.4, -0.2) is 23.4 Å². The summed E-state index contributed by atoms with van der Waals surface area (Å²) in [5.41, 5.74) is 0.511. The van der Waals surface area contributed by atoms with Gasteiger partial charge in [0.1, 0.15) is 5.82 Å². The summed E-state index contributed by atoms with van der Waals surface area (Å²) in [5.74, 6) is -0.539. The van der Waals surface area contributed by atoms with Crippen LogP contribution in [0.4, 0.5) is 4.39 Å². The van der Waals surface area contributed by atoms with Gasteiger partial charge >= 0.3 is 7.12 Å². The van der Waals surface area contributed by atoms with Crippen LogP contribution in [0.5, 0.6) is 0 Å². The third kappa shape index (κ3) is 2.04. The van der Waals surface area contributed by atoms with Crippen molar-refractivity contribution in [1.29, 1.82) is 0 Å². The lowest BCUT2D eigenvalue weighted by Crippen LogP contribution is -2.35. The molecule has 1 rings (SSSR count). The van der Waals surface area contributed by atoms with E-state index in [9.17, 15) is 4.39 Å². The van der Waals surface area contributed by atoms with Crippen molar-refractivity contribution in [2.24, 2.45) is 0 Å². The van der Waals surface area contributed by atoms with Gasteiger partial charge in [0.05, 0.1) is 0 Å². The molecule has 1 aromatic carbocycles. The van der Waals surface area contributed by atoms with Crippen LogP contribution < -0.4 is 5.46 Å². The number of rotatable bonds is 2. The zero-order valence-electron chi connectivity index (χ0n) is 7.41. The summed E-state index contributed by atoms with van der Waals surface area (Å²) in [6, 6.07) is 3.30. The molecule has 0 heterocycles. The predicted octanol–water partition coefficient (Wildman–Crippen LogP) is 0.536. The summed E-state index contributed by atoms with van der Waals surface area (Å²) >= 11 is 1.24. The van der Waals surface area contributed by atoms with E-state index in [1.807, 2.05) is 0 Å².